The van der Waals surface area contributed by atoms with E-state index in [0.717, 1.165) is 0 Å². The number of aliphatic carboxylic acids is 1. The summed E-state index contributed by atoms with van der Waals surface area (Å²) in [7, 11) is 0. The number of piperidine rings is 1. The van der Waals surface area contributed by atoms with Crippen LogP contribution in [-0.2, 0) is 14.4 Å². The Morgan fingerprint density at radius 1 is 1.42 bits per heavy atom. The van der Waals surface area contributed by atoms with Crippen LogP contribution >= 0.6 is 0 Å². The van der Waals surface area contributed by atoms with Gasteiger partial charge in [-0.2, -0.15) is 0 Å². The molecule has 0 bridgehead atoms. The van der Waals surface area contributed by atoms with Gasteiger partial charge in [0.1, 0.15) is 0 Å². The average Bonchev–Trinajstić information content (AvgIpc) is 2.25. The van der Waals surface area contributed by atoms with E-state index in [1.165, 1.54) is 4.90 Å². The largest absolute Gasteiger partial charge is 0.481 e. The van der Waals surface area contributed by atoms with Gasteiger partial charge >= 0.3 is 5.97 Å². The summed E-state index contributed by atoms with van der Waals surface area (Å²) in [4.78, 5) is 35.7. The minimum atomic E-state index is -0.878. The van der Waals surface area contributed by atoms with E-state index in [1.54, 1.807) is 0 Å². The Morgan fingerprint density at radius 2 is 2.05 bits per heavy atom. The smallest absolute Gasteiger partial charge is 0.308 e. The second-order valence-electron chi connectivity index (χ2n) is 5.96. The number of nitrogens with zero attached hydrogens (tertiary/aromatic N) is 1. The van der Waals surface area contributed by atoms with Gasteiger partial charge in [-0.3, -0.25) is 14.4 Å². The molecule has 0 aliphatic carbocycles. The molecule has 1 heterocycles. The van der Waals surface area contributed by atoms with Gasteiger partial charge in [-0.15, -0.1) is 0 Å². The van der Waals surface area contributed by atoms with Crippen molar-refractivity contribution in [2.75, 3.05) is 13.1 Å². The Balaban J connectivity index is 2.44. The fourth-order valence-corrected chi connectivity index (χ4v) is 2.05. The van der Waals surface area contributed by atoms with E-state index < -0.39 is 11.9 Å². The number of carbonyl (C=O) groups excluding carboxylic acids is 2. The van der Waals surface area contributed by atoms with Crippen molar-refractivity contribution < 1.29 is 19.5 Å². The number of nitrogens with one attached hydrogen (secondary N) is 1. The molecule has 108 valence electrons. The first kappa shape index (κ1) is 15.5. The van der Waals surface area contributed by atoms with Crippen LogP contribution in [0.2, 0.25) is 0 Å². The van der Waals surface area contributed by atoms with Gasteiger partial charge in [-0.05, 0) is 27.2 Å². The minimum absolute atomic E-state index is 0.0685. The number of carboxylic acids is 1. The van der Waals surface area contributed by atoms with Crippen LogP contribution in [0.3, 0.4) is 0 Å². The van der Waals surface area contributed by atoms with Crippen LogP contribution in [0.15, 0.2) is 0 Å². The third-order valence-corrected chi connectivity index (χ3v) is 2.97. The molecule has 1 rings (SSSR count). The summed E-state index contributed by atoms with van der Waals surface area (Å²) in [6.07, 6.45) is 0.839. The fourth-order valence-electron chi connectivity index (χ4n) is 2.05. The standard InChI is InChI=1S/C13H22N2O4/c1-13(2,3)14-10(16)6-7-15-8-9(12(18)19)4-5-11(15)17/h9H,4-8H2,1-3H3,(H,14,16)(H,18,19). The summed E-state index contributed by atoms with van der Waals surface area (Å²) in [5.74, 6) is -1.58. The first-order valence-electron chi connectivity index (χ1n) is 6.50. The normalized spacial score (nSPS) is 20.3. The third kappa shape index (κ3) is 5.28. The number of amides is 2. The van der Waals surface area contributed by atoms with Crippen molar-refractivity contribution in [3.63, 3.8) is 0 Å². The predicted molar refractivity (Wildman–Crippen MR) is 69.5 cm³/mol. The van der Waals surface area contributed by atoms with Crippen molar-refractivity contribution in [2.45, 2.75) is 45.6 Å². The first-order chi connectivity index (χ1) is 8.69. The van der Waals surface area contributed by atoms with Crippen molar-refractivity contribution in [1.82, 2.24) is 10.2 Å². The Morgan fingerprint density at radius 3 is 2.58 bits per heavy atom. The highest BCUT2D eigenvalue weighted by Crippen LogP contribution is 2.18. The number of hydrogen-bond acceptors (Lipinski definition) is 3. The SMILES string of the molecule is CC(C)(C)NC(=O)CCN1CC(C(=O)O)CCC1=O. The van der Waals surface area contributed by atoms with Crippen LogP contribution < -0.4 is 5.32 Å². The molecule has 0 aromatic heterocycles. The maximum Gasteiger partial charge on any atom is 0.308 e. The molecule has 1 aliphatic heterocycles. The molecule has 0 radical (unpaired) electrons. The van der Waals surface area contributed by atoms with Crippen LogP contribution in [0.25, 0.3) is 0 Å². The monoisotopic (exact) mass is 270 g/mol. The lowest BCUT2D eigenvalue weighted by Gasteiger charge is -2.30. The second kappa shape index (κ2) is 6.04. The van der Waals surface area contributed by atoms with Crippen LogP contribution in [-0.4, -0.2) is 46.4 Å². The summed E-state index contributed by atoms with van der Waals surface area (Å²) in [5.41, 5.74) is -0.299. The van der Waals surface area contributed by atoms with Crippen LogP contribution in [0.1, 0.15) is 40.0 Å². The highest BCUT2D eigenvalue weighted by Gasteiger charge is 2.30. The van der Waals surface area contributed by atoms with Crippen molar-refractivity contribution in [3.8, 4) is 0 Å². The minimum Gasteiger partial charge on any atom is -0.481 e. The summed E-state index contributed by atoms with van der Waals surface area (Å²) in [6.45, 7) is 6.15. The highest BCUT2D eigenvalue weighted by atomic mass is 16.4. The molecule has 1 atom stereocenters. The molecule has 1 saturated heterocycles. The second-order valence-corrected chi connectivity index (χ2v) is 5.96. The zero-order chi connectivity index (χ0) is 14.6. The molecule has 0 saturated carbocycles. The lowest BCUT2D eigenvalue weighted by Crippen LogP contribution is -2.46. The molecule has 0 aromatic carbocycles. The summed E-state index contributed by atoms with van der Waals surface area (Å²) in [6, 6.07) is 0. The Labute approximate surface area is 113 Å². The molecule has 1 fully saturated rings. The van der Waals surface area contributed by atoms with Crippen molar-refractivity contribution in [2.24, 2.45) is 5.92 Å². The van der Waals surface area contributed by atoms with Crippen molar-refractivity contribution in [1.29, 1.82) is 0 Å². The van der Waals surface area contributed by atoms with E-state index in [4.69, 9.17) is 5.11 Å². The quantitative estimate of drug-likeness (QED) is 0.783. The molecular weight excluding hydrogens is 248 g/mol. The highest BCUT2D eigenvalue weighted by molar-refractivity contribution is 5.82. The van der Waals surface area contributed by atoms with Crippen LogP contribution in [0, 0.1) is 5.92 Å². The van der Waals surface area contributed by atoms with Crippen molar-refractivity contribution >= 4 is 17.8 Å². The molecule has 1 aliphatic rings. The molecule has 6 heteroatoms. The molecular formula is C13H22N2O4. The maximum atomic E-state index is 11.7. The zero-order valence-electron chi connectivity index (χ0n) is 11.7. The van der Waals surface area contributed by atoms with E-state index in [0.29, 0.717) is 6.42 Å². The lowest BCUT2D eigenvalue weighted by molar-refractivity contribution is -0.147. The van der Waals surface area contributed by atoms with Crippen LogP contribution in [0.4, 0.5) is 0 Å². The van der Waals surface area contributed by atoms with Gasteiger partial charge in [0.15, 0.2) is 0 Å². The van der Waals surface area contributed by atoms with Gasteiger partial charge in [0.2, 0.25) is 11.8 Å². The van der Waals surface area contributed by atoms with Gasteiger partial charge in [-0.25, -0.2) is 0 Å². The van der Waals surface area contributed by atoms with Gasteiger partial charge in [-0.1, -0.05) is 0 Å². The molecule has 19 heavy (non-hydrogen) atoms. The summed E-state index contributed by atoms with van der Waals surface area (Å²) in [5, 5.41) is 11.8. The number of carboxylic acid groups (broad SMARTS) is 1. The molecule has 2 amide bonds. The van der Waals surface area contributed by atoms with Gasteiger partial charge < -0.3 is 15.3 Å². The van der Waals surface area contributed by atoms with Crippen LogP contribution in [0.5, 0.6) is 0 Å². The third-order valence-electron chi connectivity index (χ3n) is 2.97. The van der Waals surface area contributed by atoms with E-state index in [-0.39, 0.29) is 43.3 Å². The molecule has 2 N–H and O–H groups in total. The van der Waals surface area contributed by atoms with Gasteiger partial charge in [0, 0.05) is 31.5 Å². The topological polar surface area (TPSA) is 86.7 Å². The maximum absolute atomic E-state index is 11.7. The summed E-state index contributed by atoms with van der Waals surface area (Å²) < 4.78 is 0. The zero-order valence-corrected chi connectivity index (χ0v) is 11.7. The molecule has 1 unspecified atom stereocenters. The Hall–Kier alpha value is -1.59. The number of rotatable bonds is 4. The predicted octanol–water partition coefficient (Wildman–Crippen LogP) is 0.614. The van der Waals surface area contributed by atoms with Crippen molar-refractivity contribution in [3.05, 3.63) is 0 Å². The number of hydrogen-bond donors (Lipinski definition) is 2. The van der Waals surface area contributed by atoms with E-state index >= 15 is 0 Å². The number of likely N-dealkylation sites (tertiary alicyclic amines) is 1. The molecule has 0 spiro atoms. The number of carbonyl (C=O) groups is 3. The van der Waals surface area contributed by atoms with Gasteiger partial charge in [0.25, 0.3) is 0 Å². The Bertz CT molecular complexity index is 373. The van der Waals surface area contributed by atoms with E-state index in [1.807, 2.05) is 20.8 Å². The average molecular weight is 270 g/mol. The van der Waals surface area contributed by atoms with E-state index in [2.05, 4.69) is 5.32 Å². The lowest BCUT2D eigenvalue weighted by atomic mass is 9.97. The molecule has 0 aromatic rings. The Kier molecular flexibility index (Phi) is 4.91. The van der Waals surface area contributed by atoms with Gasteiger partial charge in [0.05, 0.1) is 5.92 Å². The summed E-state index contributed by atoms with van der Waals surface area (Å²) >= 11 is 0. The fraction of sp³-hybridized carbons (Fsp3) is 0.769. The first-order valence-corrected chi connectivity index (χ1v) is 6.50. The molecule has 6 nitrogen and oxygen atoms in total. The van der Waals surface area contributed by atoms with E-state index in [9.17, 15) is 14.4 Å².